The zero-order chi connectivity index (χ0) is 14.0. The number of nitrogens with one attached hydrogen (secondary N) is 1. The molecule has 2 rings (SSSR count). The van der Waals surface area contributed by atoms with Crippen molar-refractivity contribution >= 4 is 17.4 Å². The molecule has 0 atom stereocenters. The number of amides is 1. The van der Waals surface area contributed by atoms with Crippen LogP contribution in [0, 0.1) is 0 Å². The van der Waals surface area contributed by atoms with E-state index in [0.29, 0.717) is 36.1 Å². The summed E-state index contributed by atoms with van der Waals surface area (Å²) in [5.41, 5.74) is 1.09. The molecule has 1 N–H and O–H groups in total. The van der Waals surface area contributed by atoms with Crippen LogP contribution in [0.5, 0.6) is 5.75 Å². The predicted octanol–water partition coefficient (Wildman–Crippen LogP) is 1.22. The summed E-state index contributed by atoms with van der Waals surface area (Å²) in [7, 11) is 1.54. The van der Waals surface area contributed by atoms with E-state index in [2.05, 4.69) is 5.32 Å². The van der Waals surface area contributed by atoms with Gasteiger partial charge in [-0.2, -0.15) is 0 Å². The maximum atomic E-state index is 11.9. The fraction of sp³-hybridized carbons (Fsp3) is 0.429. The van der Waals surface area contributed by atoms with Crippen molar-refractivity contribution in [1.82, 2.24) is 5.32 Å². The van der Waals surface area contributed by atoms with Crippen LogP contribution in [0.2, 0.25) is 0 Å². The van der Waals surface area contributed by atoms with Gasteiger partial charge in [-0.15, -0.1) is 0 Å². The van der Waals surface area contributed by atoms with Gasteiger partial charge in [-0.1, -0.05) is 13.8 Å². The van der Waals surface area contributed by atoms with E-state index < -0.39 is 11.7 Å². The summed E-state index contributed by atoms with van der Waals surface area (Å²) in [4.78, 5) is 25.4. The maximum Gasteiger partial charge on any atom is 0.299 e. The van der Waals surface area contributed by atoms with Gasteiger partial charge in [0.1, 0.15) is 5.75 Å². The fourth-order valence-corrected chi connectivity index (χ4v) is 2.09. The number of carbonyl (C=O) groups excluding carboxylic acids is 2. The molecule has 19 heavy (non-hydrogen) atoms. The Hall–Kier alpha value is -1.88. The van der Waals surface area contributed by atoms with Gasteiger partial charge in [0.25, 0.3) is 11.7 Å². The van der Waals surface area contributed by atoms with E-state index >= 15 is 0 Å². The predicted molar refractivity (Wildman–Crippen MR) is 72.8 cm³/mol. The minimum Gasteiger partial charge on any atom is -0.497 e. The van der Waals surface area contributed by atoms with Crippen molar-refractivity contribution < 1.29 is 14.3 Å². The Labute approximate surface area is 112 Å². The summed E-state index contributed by atoms with van der Waals surface area (Å²) in [6.45, 7) is 5.22. The Morgan fingerprint density at radius 2 is 2.05 bits per heavy atom. The number of fused-ring (bicyclic) bond motifs is 1. The highest BCUT2D eigenvalue weighted by Gasteiger charge is 2.35. The van der Waals surface area contributed by atoms with Gasteiger partial charge in [0.2, 0.25) is 0 Å². The molecular formula is C14H18N2O3. The first-order chi connectivity index (χ1) is 9.04. The number of carbonyl (C=O) groups is 2. The Bertz CT molecular complexity index is 511. The number of ether oxygens (including phenoxy) is 1. The van der Waals surface area contributed by atoms with E-state index in [1.54, 1.807) is 18.2 Å². The molecule has 0 radical (unpaired) electrons. The molecule has 1 aliphatic rings. The van der Waals surface area contributed by atoms with Crippen LogP contribution in [0.3, 0.4) is 0 Å². The number of methoxy groups -OCH3 is 1. The first kappa shape index (κ1) is 13.5. The number of Topliss-reactive ketones (excluding diaryl/α,β-unsaturated/α-hetero) is 1. The molecule has 5 nitrogen and oxygen atoms in total. The molecule has 102 valence electrons. The molecule has 0 aliphatic carbocycles. The lowest BCUT2D eigenvalue weighted by Crippen LogP contribution is -2.37. The minimum absolute atomic E-state index is 0.351. The topological polar surface area (TPSA) is 58.6 Å². The Kier molecular flexibility index (Phi) is 3.85. The van der Waals surface area contributed by atoms with Crippen molar-refractivity contribution in [2.24, 2.45) is 0 Å². The Balaban J connectivity index is 2.19. The summed E-state index contributed by atoms with van der Waals surface area (Å²) in [5.74, 6) is -0.339. The number of nitrogens with zero attached hydrogens (tertiary/aromatic N) is 1. The van der Waals surface area contributed by atoms with Crippen molar-refractivity contribution in [3.63, 3.8) is 0 Å². The zero-order valence-electron chi connectivity index (χ0n) is 11.4. The molecule has 1 heterocycles. The molecule has 0 spiro atoms. The average molecular weight is 262 g/mol. The van der Waals surface area contributed by atoms with Crippen LogP contribution in [0.1, 0.15) is 24.2 Å². The van der Waals surface area contributed by atoms with Crippen molar-refractivity contribution in [2.75, 3.05) is 25.1 Å². The smallest absolute Gasteiger partial charge is 0.299 e. The molecule has 0 bridgehead atoms. The lowest BCUT2D eigenvalue weighted by molar-refractivity contribution is -0.114. The molecule has 0 fully saturated rings. The van der Waals surface area contributed by atoms with Gasteiger partial charge >= 0.3 is 0 Å². The van der Waals surface area contributed by atoms with Gasteiger partial charge in [0.05, 0.1) is 18.4 Å². The van der Waals surface area contributed by atoms with Gasteiger partial charge < -0.3 is 15.0 Å². The SMILES string of the molecule is COc1ccc2c(c1)C(=O)C(=O)N2CCNC(C)C. The first-order valence-electron chi connectivity index (χ1n) is 6.32. The average Bonchev–Trinajstić information content (AvgIpc) is 2.63. The third-order valence-electron chi connectivity index (χ3n) is 3.07. The number of rotatable bonds is 5. The van der Waals surface area contributed by atoms with Crippen LogP contribution >= 0.6 is 0 Å². The summed E-state index contributed by atoms with van der Waals surface area (Å²) in [5, 5.41) is 3.23. The van der Waals surface area contributed by atoms with Crippen LogP contribution in [0.25, 0.3) is 0 Å². The third kappa shape index (κ3) is 2.61. The second-order valence-corrected chi connectivity index (χ2v) is 4.78. The molecule has 0 unspecified atom stereocenters. The highest BCUT2D eigenvalue weighted by Crippen LogP contribution is 2.31. The molecule has 1 amide bonds. The summed E-state index contributed by atoms with van der Waals surface area (Å²) >= 11 is 0. The van der Waals surface area contributed by atoms with Crippen molar-refractivity contribution in [3.05, 3.63) is 23.8 Å². The summed E-state index contributed by atoms with van der Waals surface area (Å²) < 4.78 is 5.08. The molecular weight excluding hydrogens is 244 g/mol. The largest absolute Gasteiger partial charge is 0.497 e. The van der Waals surface area contributed by atoms with Gasteiger partial charge in [0.15, 0.2) is 0 Å². The van der Waals surface area contributed by atoms with E-state index in [1.807, 2.05) is 13.8 Å². The Morgan fingerprint density at radius 3 is 2.68 bits per heavy atom. The van der Waals surface area contributed by atoms with Crippen LogP contribution in [-0.4, -0.2) is 37.9 Å². The highest BCUT2D eigenvalue weighted by atomic mass is 16.5. The standard InChI is InChI=1S/C14H18N2O3/c1-9(2)15-6-7-16-12-5-4-10(19-3)8-11(12)13(17)14(16)18/h4-5,8-9,15H,6-7H2,1-3H3. The van der Waals surface area contributed by atoms with Crippen molar-refractivity contribution in [1.29, 1.82) is 0 Å². The van der Waals surface area contributed by atoms with Gasteiger partial charge in [-0.05, 0) is 18.2 Å². The number of benzene rings is 1. The van der Waals surface area contributed by atoms with Crippen molar-refractivity contribution in [3.8, 4) is 5.75 Å². The van der Waals surface area contributed by atoms with Gasteiger partial charge in [-0.25, -0.2) is 0 Å². The van der Waals surface area contributed by atoms with Gasteiger partial charge in [0, 0.05) is 19.1 Å². The normalized spacial score (nSPS) is 14.2. The van der Waals surface area contributed by atoms with Crippen LogP contribution < -0.4 is 15.0 Å². The zero-order valence-corrected chi connectivity index (χ0v) is 11.4. The second-order valence-electron chi connectivity index (χ2n) is 4.78. The summed E-state index contributed by atoms with van der Waals surface area (Å²) in [6.07, 6.45) is 0. The molecule has 1 aromatic rings. The van der Waals surface area contributed by atoms with E-state index in [4.69, 9.17) is 4.74 Å². The minimum atomic E-state index is -0.464. The highest BCUT2D eigenvalue weighted by molar-refractivity contribution is 6.52. The number of ketones is 1. The maximum absolute atomic E-state index is 11.9. The van der Waals surface area contributed by atoms with E-state index in [1.165, 1.54) is 12.0 Å². The molecule has 0 saturated carbocycles. The van der Waals surface area contributed by atoms with Crippen LogP contribution in [-0.2, 0) is 4.79 Å². The lowest BCUT2D eigenvalue weighted by Gasteiger charge is -2.18. The first-order valence-corrected chi connectivity index (χ1v) is 6.32. The molecule has 1 aromatic carbocycles. The molecule has 1 aliphatic heterocycles. The molecule has 0 saturated heterocycles. The molecule has 5 heteroatoms. The summed E-state index contributed by atoms with van der Waals surface area (Å²) in [6, 6.07) is 5.48. The lowest BCUT2D eigenvalue weighted by atomic mass is 10.1. The second kappa shape index (κ2) is 5.40. The van der Waals surface area contributed by atoms with Crippen molar-refractivity contribution in [2.45, 2.75) is 19.9 Å². The number of hydrogen-bond donors (Lipinski definition) is 1. The van der Waals surface area contributed by atoms with Gasteiger partial charge in [-0.3, -0.25) is 9.59 Å². The number of hydrogen-bond acceptors (Lipinski definition) is 4. The van der Waals surface area contributed by atoms with E-state index in [0.717, 1.165) is 0 Å². The van der Waals surface area contributed by atoms with Crippen LogP contribution in [0.15, 0.2) is 18.2 Å². The van der Waals surface area contributed by atoms with E-state index in [-0.39, 0.29) is 0 Å². The van der Waals surface area contributed by atoms with Crippen LogP contribution in [0.4, 0.5) is 5.69 Å². The van der Waals surface area contributed by atoms with E-state index in [9.17, 15) is 9.59 Å². The fourth-order valence-electron chi connectivity index (χ4n) is 2.09. The Morgan fingerprint density at radius 1 is 1.32 bits per heavy atom. The molecule has 0 aromatic heterocycles. The number of anilines is 1. The third-order valence-corrected chi connectivity index (χ3v) is 3.07. The monoisotopic (exact) mass is 262 g/mol. The quantitative estimate of drug-likeness (QED) is 0.811.